The molecule has 4 aromatic carbocycles. The van der Waals surface area contributed by atoms with Crippen LogP contribution in [0.2, 0.25) is 0 Å². The zero-order chi connectivity index (χ0) is 27.8. The van der Waals surface area contributed by atoms with Crippen molar-refractivity contribution in [3.05, 3.63) is 142 Å². The van der Waals surface area contributed by atoms with Crippen LogP contribution in [0.1, 0.15) is 29.7 Å². The van der Waals surface area contributed by atoms with Gasteiger partial charge in [-0.05, 0) is 52.6 Å². The highest BCUT2D eigenvalue weighted by molar-refractivity contribution is 5.97. The lowest BCUT2D eigenvalue weighted by Gasteiger charge is -2.22. The largest absolute Gasteiger partial charge is 0.496 e. The maximum atomic E-state index is 11.4. The number of rotatable bonds is 10. The van der Waals surface area contributed by atoms with Crippen LogP contribution >= 0.6 is 0 Å². The van der Waals surface area contributed by atoms with Gasteiger partial charge in [0.1, 0.15) is 11.9 Å². The van der Waals surface area contributed by atoms with Crippen LogP contribution in [0.5, 0.6) is 5.75 Å². The second kappa shape index (κ2) is 12.5. The highest BCUT2D eigenvalue weighted by atomic mass is 16.6. The Kier molecular flexibility index (Phi) is 8.67. The number of nitrogens with zero attached hydrogens (tertiary/aromatic N) is 2. The van der Waals surface area contributed by atoms with Crippen LogP contribution in [-0.4, -0.2) is 12.0 Å². The zero-order valence-electron chi connectivity index (χ0n) is 21.8. The van der Waals surface area contributed by atoms with E-state index in [-0.39, 0.29) is 12.3 Å². The SMILES string of the molecule is C=C/C=C\C(=C/C)C(OCc1cc([N+](=O)[O-])ccc1OC)c1ccc(C#N)c(-c2cccc3ccccc23)c1. The maximum Gasteiger partial charge on any atom is 0.270 e. The first kappa shape index (κ1) is 27.1. The number of ether oxygens (including phenoxy) is 2. The van der Waals surface area contributed by atoms with Crippen molar-refractivity contribution < 1.29 is 14.4 Å². The van der Waals surface area contributed by atoms with E-state index in [1.165, 1.54) is 19.2 Å². The van der Waals surface area contributed by atoms with Crippen molar-refractivity contribution in [2.24, 2.45) is 0 Å². The van der Waals surface area contributed by atoms with Crippen LogP contribution in [0, 0.1) is 21.4 Å². The van der Waals surface area contributed by atoms with Crippen molar-refractivity contribution in [1.29, 1.82) is 5.26 Å². The van der Waals surface area contributed by atoms with E-state index in [0.29, 0.717) is 16.9 Å². The molecule has 0 saturated heterocycles. The van der Waals surface area contributed by atoms with Gasteiger partial charge in [0.05, 0.1) is 30.3 Å². The average Bonchev–Trinajstić information content (AvgIpc) is 2.98. The number of nitro benzene ring substituents is 1. The molecule has 6 nitrogen and oxygen atoms in total. The molecule has 0 aromatic heterocycles. The summed E-state index contributed by atoms with van der Waals surface area (Å²) in [5, 5.41) is 23.5. The van der Waals surface area contributed by atoms with E-state index in [0.717, 1.165) is 33.0 Å². The summed E-state index contributed by atoms with van der Waals surface area (Å²) in [6.45, 7) is 5.76. The molecule has 0 fully saturated rings. The summed E-state index contributed by atoms with van der Waals surface area (Å²) in [6, 6.07) is 26.6. The second-order valence-electron chi connectivity index (χ2n) is 8.77. The molecule has 0 radical (unpaired) electrons. The Bertz CT molecular complexity index is 1620. The fourth-order valence-corrected chi connectivity index (χ4v) is 4.57. The van der Waals surface area contributed by atoms with Gasteiger partial charge in [-0.15, -0.1) is 0 Å². The molecule has 1 unspecified atom stereocenters. The van der Waals surface area contributed by atoms with Crippen molar-refractivity contribution in [2.45, 2.75) is 19.6 Å². The third-order valence-electron chi connectivity index (χ3n) is 6.49. The molecule has 4 aromatic rings. The van der Waals surface area contributed by atoms with Crippen molar-refractivity contribution in [2.75, 3.05) is 7.11 Å². The lowest BCUT2D eigenvalue weighted by molar-refractivity contribution is -0.385. The minimum Gasteiger partial charge on any atom is -0.496 e. The monoisotopic (exact) mass is 516 g/mol. The summed E-state index contributed by atoms with van der Waals surface area (Å²) in [6.07, 6.45) is 6.85. The van der Waals surface area contributed by atoms with Crippen molar-refractivity contribution in [1.82, 2.24) is 0 Å². The van der Waals surface area contributed by atoms with Gasteiger partial charge in [-0.3, -0.25) is 10.1 Å². The van der Waals surface area contributed by atoms with E-state index in [1.807, 2.05) is 79.7 Å². The standard InChI is InChI=1S/C33H28N2O4/c1-4-6-10-23(5-2)33(39-22-27-19-28(35(36)37)17-18-32(27)38-3)25-15-16-26(21-34)31(20-25)30-14-9-12-24-11-7-8-13-29(24)30/h4-20,33H,1,22H2,2-3H3/b10-6-,23-5+. The molecule has 0 spiro atoms. The number of nitro groups is 1. The normalized spacial score (nSPS) is 12.3. The molecule has 0 aliphatic carbocycles. The Balaban J connectivity index is 1.82. The van der Waals surface area contributed by atoms with Crippen molar-refractivity contribution >= 4 is 16.5 Å². The smallest absolute Gasteiger partial charge is 0.270 e. The lowest BCUT2D eigenvalue weighted by atomic mass is 9.91. The predicted octanol–water partition coefficient (Wildman–Crippen LogP) is 8.24. The van der Waals surface area contributed by atoms with Crippen molar-refractivity contribution in [3.63, 3.8) is 0 Å². The summed E-state index contributed by atoms with van der Waals surface area (Å²) < 4.78 is 11.9. The molecule has 39 heavy (non-hydrogen) atoms. The first-order valence-electron chi connectivity index (χ1n) is 12.4. The lowest BCUT2D eigenvalue weighted by Crippen LogP contribution is -2.08. The summed E-state index contributed by atoms with van der Waals surface area (Å²) in [7, 11) is 1.52. The van der Waals surface area contributed by atoms with E-state index >= 15 is 0 Å². The van der Waals surface area contributed by atoms with E-state index in [2.05, 4.69) is 12.6 Å². The molecule has 0 bridgehead atoms. The van der Waals surface area contributed by atoms with Crippen LogP contribution in [0.15, 0.2) is 115 Å². The molecule has 1 atom stereocenters. The second-order valence-corrected chi connectivity index (χ2v) is 8.77. The first-order chi connectivity index (χ1) is 19.0. The Morgan fingerprint density at radius 3 is 2.59 bits per heavy atom. The number of fused-ring (bicyclic) bond motifs is 1. The number of allylic oxidation sites excluding steroid dienone is 3. The fraction of sp³-hybridized carbons (Fsp3) is 0.121. The minimum absolute atomic E-state index is 0.0413. The summed E-state index contributed by atoms with van der Waals surface area (Å²) in [4.78, 5) is 10.9. The number of nitriles is 1. The highest BCUT2D eigenvalue weighted by Gasteiger charge is 2.20. The van der Waals surface area contributed by atoms with Gasteiger partial charge in [-0.2, -0.15) is 5.26 Å². The predicted molar refractivity (Wildman–Crippen MR) is 154 cm³/mol. The summed E-state index contributed by atoms with van der Waals surface area (Å²) >= 11 is 0. The molecule has 0 amide bonds. The van der Waals surface area contributed by atoms with Gasteiger partial charge < -0.3 is 9.47 Å². The van der Waals surface area contributed by atoms with Gasteiger partial charge in [0.25, 0.3) is 5.69 Å². The summed E-state index contributed by atoms with van der Waals surface area (Å²) in [5.74, 6) is 0.499. The van der Waals surface area contributed by atoms with Crippen LogP contribution in [0.4, 0.5) is 5.69 Å². The molecule has 4 rings (SSSR count). The number of methoxy groups -OCH3 is 1. The van der Waals surface area contributed by atoms with Gasteiger partial charge in [-0.1, -0.05) is 79.4 Å². The Morgan fingerprint density at radius 1 is 1.08 bits per heavy atom. The average molecular weight is 517 g/mol. The Morgan fingerprint density at radius 2 is 1.87 bits per heavy atom. The van der Waals surface area contributed by atoms with Gasteiger partial charge >= 0.3 is 0 Å². The van der Waals surface area contributed by atoms with Gasteiger partial charge in [-0.25, -0.2) is 0 Å². The quantitative estimate of drug-likeness (QED) is 0.120. The Hall–Kier alpha value is -4.99. The van der Waals surface area contributed by atoms with Crippen LogP contribution in [0.25, 0.3) is 21.9 Å². The highest BCUT2D eigenvalue weighted by Crippen LogP contribution is 2.36. The number of non-ortho nitro benzene ring substituents is 1. The summed E-state index contributed by atoms with van der Waals surface area (Å²) in [5.41, 5.74) is 4.53. The number of benzene rings is 4. The number of hydrogen-bond acceptors (Lipinski definition) is 5. The molecule has 0 aliphatic rings. The van der Waals surface area contributed by atoms with E-state index < -0.39 is 11.0 Å². The number of hydrogen-bond donors (Lipinski definition) is 0. The maximum absolute atomic E-state index is 11.4. The van der Waals surface area contributed by atoms with Crippen molar-refractivity contribution in [3.8, 4) is 22.9 Å². The first-order valence-corrected chi connectivity index (χ1v) is 12.4. The van der Waals surface area contributed by atoms with Gasteiger partial charge in [0.15, 0.2) is 0 Å². The van der Waals surface area contributed by atoms with Crippen LogP contribution in [-0.2, 0) is 11.3 Å². The molecular weight excluding hydrogens is 488 g/mol. The van der Waals surface area contributed by atoms with Gasteiger partial charge in [0, 0.05) is 23.3 Å². The van der Waals surface area contributed by atoms with Crippen LogP contribution < -0.4 is 4.74 Å². The molecule has 194 valence electrons. The minimum atomic E-state index is -0.531. The molecule has 0 heterocycles. The van der Waals surface area contributed by atoms with E-state index in [4.69, 9.17) is 9.47 Å². The zero-order valence-corrected chi connectivity index (χ0v) is 21.8. The van der Waals surface area contributed by atoms with E-state index in [1.54, 1.807) is 18.2 Å². The molecule has 0 saturated carbocycles. The molecule has 0 N–H and O–H groups in total. The molecular formula is C33H28N2O4. The third-order valence-corrected chi connectivity index (χ3v) is 6.49. The van der Waals surface area contributed by atoms with E-state index in [9.17, 15) is 15.4 Å². The molecule has 0 aliphatic heterocycles. The van der Waals surface area contributed by atoms with Gasteiger partial charge in [0.2, 0.25) is 0 Å². The van der Waals surface area contributed by atoms with Crippen LogP contribution in [0.3, 0.4) is 0 Å². The third kappa shape index (κ3) is 5.96. The molecule has 6 heteroatoms. The topological polar surface area (TPSA) is 85.4 Å². The Labute approximate surface area is 227 Å². The fourth-order valence-electron chi connectivity index (χ4n) is 4.57.